The average molecular weight is 105 g/mol. The van der Waals surface area contributed by atoms with Crippen molar-refractivity contribution in [1.29, 1.82) is 0 Å². The summed E-state index contributed by atoms with van der Waals surface area (Å²) >= 11 is 0. The Morgan fingerprint density at radius 2 is 2.50 bits per heavy atom. The van der Waals surface area contributed by atoms with Gasteiger partial charge in [0.1, 0.15) is 0 Å². The number of carbonyl (C=O) groups excluding carboxylic acids is 1. The first-order valence-corrected chi connectivity index (χ1v) is 3.41. The molecule has 1 unspecified atom stereocenters. The first-order chi connectivity index (χ1) is 2.77. The summed E-state index contributed by atoms with van der Waals surface area (Å²) in [4.78, 5) is 9.83. The molecule has 0 saturated carbocycles. The Labute approximate surface area is 38.9 Å². The van der Waals surface area contributed by atoms with Gasteiger partial charge in [0.2, 0.25) is 5.91 Å². The fourth-order valence-corrected chi connectivity index (χ4v) is 0.523. The molecule has 2 N–H and O–H groups in total. The third-order valence-electron chi connectivity index (χ3n) is 0.351. The van der Waals surface area contributed by atoms with Gasteiger partial charge in [-0.2, -0.15) is 0 Å². The molecule has 0 radical (unpaired) electrons. The van der Waals surface area contributed by atoms with Gasteiger partial charge in [0.15, 0.2) is 0 Å². The summed E-state index contributed by atoms with van der Waals surface area (Å²) < 4.78 is 0. The third kappa shape index (κ3) is 3.90. The number of rotatable bonds is 2. The van der Waals surface area contributed by atoms with Crippen LogP contribution in [0.1, 0.15) is 0 Å². The lowest BCUT2D eigenvalue weighted by Gasteiger charge is -1.82. The van der Waals surface area contributed by atoms with Gasteiger partial charge in [-0.1, -0.05) is 0 Å². The smallest absolute Gasteiger partial charge is 0.221 e. The van der Waals surface area contributed by atoms with Crippen molar-refractivity contribution in [1.82, 2.24) is 0 Å². The molecular formula is C3H8NOP. The molecule has 6 heavy (non-hydrogen) atoms. The maximum absolute atomic E-state index is 9.83. The minimum atomic E-state index is -0.198. The SMILES string of the molecule is CPCC(N)=O. The molecule has 0 rings (SSSR count). The molecule has 2 nitrogen and oxygen atoms in total. The maximum atomic E-state index is 9.83. The van der Waals surface area contributed by atoms with Crippen LogP contribution < -0.4 is 5.73 Å². The van der Waals surface area contributed by atoms with E-state index in [0.717, 1.165) is 0 Å². The number of nitrogens with two attached hydrogens (primary N) is 1. The second kappa shape index (κ2) is 3.10. The van der Waals surface area contributed by atoms with E-state index in [2.05, 4.69) is 0 Å². The highest BCUT2D eigenvalue weighted by molar-refractivity contribution is 7.38. The Kier molecular flexibility index (Phi) is 3.05. The van der Waals surface area contributed by atoms with Gasteiger partial charge in [0.25, 0.3) is 0 Å². The molecular weight excluding hydrogens is 97.0 g/mol. The van der Waals surface area contributed by atoms with Crippen LogP contribution in [0.5, 0.6) is 0 Å². The van der Waals surface area contributed by atoms with E-state index in [1.54, 1.807) is 0 Å². The number of hydrogen-bond donors (Lipinski definition) is 1. The van der Waals surface area contributed by atoms with Crippen molar-refractivity contribution in [2.45, 2.75) is 0 Å². The van der Waals surface area contributed by atoms with Gasteiger partial charge in [-0.15, -0.1) is 8.58 Å². The van der Waals surface area contributed by atoms with E-state index in [-0.39, 0.29) is 5.91 Å². The van der Waals surface area contributed by atoms with Gasteiger partial charge in [-0.05, 0) is 6.66 Å². The number of hydrogen-bond acceptors (Lipinski definition) is 1. The maximum Gasteiger partial charge on any atom is 0.221 e. The number of carbonyl (C=O) groups is 1. The van der Waals surface area contributed by atoms with Crippen molar-refractivity contribution in [2.24, 2.45) is 5.73 Å². The van der Waals surface area contributed by atoms with Crippen LogP contribution in [0.15, 0.2) is 0 Å². The lowest BCUT2D eigenvalue weighted by Crippen LogP contribution is -2.11. The zero-order chi connectivity index (χ0) is 4.99. The molecule has 0 heterocycles. The minimum absolute atomic E-state index is 0.198. The fraction of sp³-hybridized carbons (Fsp3) is 0.667. The Bertz CT molecular complexity index is 54.8. The molecule has 36 valence electrons. The second-order valence-corrected chi connectivity index (χ2v) is 2.06. The monoisotopic (exact) mass is 105 g/mol. The zero-order valence-corrected chi connectivity index (χ0v) is 4.69. The number of primary amides is 1. The average Bonchev–Trinajstić information content (AvgIpc) is 1.35. The van der Waals surface area contributed by atoms with E-state index >= 15 is 0 Å². The normalized spacial score (nSPS) is 10.2. The molecule has 0 aromatic heterocycles. The van der Waals surface area contributed by atoms with Gasteiger partial charge in [-0.25, -0.2) is 0 Å². The van der Waals surface area contributed by atoms with E-state index in [1.165, 1.54) is 0 Å². The van der Waals surface area contributed by atoms with Crippen LogP contribution >= 0.6 is 8.58 Å². The second-order valence-electron chi connectivity index (χ2n) is 0.997. The van der Waals surface area contributed by atoms with Crippen LogP contribution in [-0.2, 0) is 4.79 Å². The van der Waals surface area contributed by atoms with E-state index in [1.807, 2.05) is 6.66 Å². The highest BCUT2D eigenvalue weighted by Gasteiger charge is 1.84. The van der Waals surface area contributed by atoms with Gasteiger partial charge in [-0.3, -0.25) is 4.79 Å². The molecule has 0 aliphatic carbocycles. The van der Waals surface area contributed by atoms with Crippen LogP contribution in [0.3, 0.4) is 0 Å². The Hall–Kier alpha value is -0.100. The quantitative estimate of drug-likeness (QED) is 0.485. The molecule has 0 aliphatic rings. The summed E-state index contributed by atoms with van der Waals surface area (Å²) in [5.74, 6) is -0.198. The van der Waals surface area contributed by atoms with Crippen molar-refractivity contribution >= 4 is 14.5 Å². The third-order valence-corrected chi connectivity index (χ3v) is 1.05. The van der Waals surface area contributed by atoms with E-state index in [9.17, 15) is 4.79 Å². The predicted molar refractivity (Wildman–Crippen MR) is 28.3 cm³/mol. The van der Waals surface area contributed by atoms with E-state index in [0.29, 0.717) is 14.7 Å². The lowest BCUT2D eigenvalue weighted by molar-refractivity contribution is -0.115. The van der Waals surface area contributed by atoms with Crippen LogP contribution in [0, 0.1) is 0 Å². The van der Waals surface area contributed by atoms with Crippen molar-refractivity contribution in [3.8, 4) is 0 Å². The van der Waals surface area contributed by atoms with E-state index < -0.39 is 0 Å². The van der Waals surface area contributed by atoms with Gasteiger partial charge in [0.05, 0.1) is 0 Å². The van der Waals surface area contributed by atoms with Gasteiger partial charge < -0.3 is 5.73 Å². The van der Waals surface area contributed by atoms with Crippen LogP contribution in [0.25, 0.3) is 0 Å². The van der Waals surface area contributed by atoms with Crippen LogP contribution in [-0.4, -0.2) is 18.7 Å². The van der Waals surface area contributed by atoms with Gasteiger partial charge >= 0.3 is 0 Å². The first-order valence-electron chi connectivity index (χ1n) is 1.70. The van der Waals surface area contributed by atoms with Gasteiger partial charge in [0, 0.05) is 6.16 Å². The standard InChI is InChI=1S/C3H8NOP/c1-6-2-3(4)5/h6H,2H2,1H3,(H2,4,5). The van der Waals surface area contributed by atoms with Crippen molar-refractivity contribution in [2.75, 3.05) is 12.8 Å². The van der Waals surface area contributed by atoms with Crippen molar-refractivity contribution in [3.05, 3.63) is 0 Å². The largest absolute Gasteiger partial charge is 0.369 e. The Morgan fingerprint density at radius 3 is 2.50 bits per heavy atom. The molecule has 3 heteroatoms. The fourth-order valence-electron chi connectivity index (χ4n) is 0.174. The number of amides is 1. The molecule has 1 amide bonds. The highest BCUT2D eigenvalue weighted by atomic mass is 31.1. The van der Waals surface area contributed by atoms with Crippen LogP contribution in [0.4, 0.5) is 0 Å². The molecule has 0 bridgehead atoms. The topological polar surface area (TPSA) is 43.1 Å². The summed E-state index contributed by atoms with van der Waals surface area (Å²) in [6.45, 7) is 1.95. The summed E-state index contributed by atoms with van der Waals surface area (Å²) in [7, 11) is 0.664. The summed E-state index contributed by atoms with van der Waals surface area (Å²) in [5, 5.41) is 0. The van der Waals surface area contributed by atoms with E-state index in [4.69, 9.17) is 5.73 Å². The van der Waals surface area contributed by atoms with Crippen molar-refractivity contribution in [3.63, 3.8) is 0 Å². The molecule has 0 aromatic rings. The van der Waals surface area contributed by atoms with Crippen LogP contribution in [0.2, 0.25) is 0 Å². The summed E-state index contributed by atoms with van der Waals surface area (Å²) in [5.41, 5.74) is 4.77. The Morgan fingerprint density at radius 1 is 2.00 bits per heavy atom. The summed E-state index contributed by atoms with van der Waals surface area (Å²) in [6.07, 6.45) is 0.542. The first kappa shape index (κ1) is 5.90. The molecule has 0 saturated heterocycles. The molecule has 0 aliphatic heterocycles. The Balaban J connectivity index is 2.83. The molecule has 0 fully saturated rings. The lowest BCUT2D eigenvalue weighted by atomic mass is 10.8. The zero-order valence-electron chi connectivity index (χ0n) is 3.69. The predicted octanol–water partition coefficient (Wildman–Crippen LogP) is -0.220. The molecule has 0 aromatic carbocycles. The summed E-state index contributed by atoms with van der Waals surface area (Å²) in [6, 6.07) is 0. The van der Waals surface area contributed by atoms with Crippen molar-refractivity contribution < 1.29 is 4.79 Å². The molecule has 0 spiro atoms. The highest BCUT2D eigenvalue weighted by Crippen LogP contribution is 1.96. The molecule has 1 atom stereocenters. The minimum Gasteiger partial charge on any atom is -0.369 e.